The van der Waals surface area contributed by atoms with Gasteiger partial charge < -0.3 is 4.98 Å². The second-order valence-electron chi connectivity index (χ2n) is 11.1. The number of fused-ring (bicyclic) bond motifs is 3. The van der Waals surface area contributed by atoms with E-state index in [1.165, 1.54) is 31.4 Å². The number of aromatic amines is 1. The van der Waals surface area contributed by atoms with Crippen LogP contribution >= 0.6 is 23.6 Å². The van der Waals surface area contributed by atoms with Crippen molar-refractivity contribution in [1.29, 1.82) is 5.26 Å². The van der Waals surface area contributed by atoms with Gasteiger partial charge >= 0.3 is 0 Å². The Hall–Kier alpha value is -1.96. The van der Waals surface area contributed by atoms with Gasteiger partial charge in [0, 0.05) is 21.5 Å². The molecule has 33 heavy (non-hydrogen) atoms. The van der Waals surface area contributed by atoms with Gasteiger partial charge in [-0.25, -0.2) is 0 Å². The fourth-order valence-corrected chi connectivity index (χ4v) is 8.29. The molecule has 0 aromatic carbocycles. The number of rotatable bonds is 3. The maximum absolute atomic E-state index is 9.84. The highest BCUT2D eigenvalue weighted by molar-refractivity contribution is 7.71. The van der Waals surface area contributed by atoms with Crippen LogP contribution in [0.3, 0.4) is 0 Å². The maximum Gasteiger partial charge on any atom is 0.122 e. The zero-order chi connectivity index (χ0) is 23.4. The molecule has 0 saturated heterocycles. The smallest absolute Gasteiger partial charge is 0.122 e. The third kappa shape index (κ3) is 3.60. The lowest BCUT2D eigenvalue weighted by atomic mass is 9.46. The molecule has 2 nitrogen and oxygen atoms in total. The number of nitrogens with zero attached hydrogens (tertiary/aromatic N) is 1. The number of aromatic nitrogens is 1. The lowest BCUT2D eigenvalue weighted by Crippen LogP contribution is -2.52. The van der Waals surface area contributed by atoms with Gasteiger partial charge in [0.25, 0.3) is 0 Å². The third-order valence-corrected chi connectivity index (χ3v) is 10.3. The van der Waals surface area contributed by atoms with E-state index in [9.17, 15) is 5.26 Å². The van der Waals surface area contributed by atoms with E-state index in [1.54, 1.807) is 22.5 Å². The molecular formula is C29H34N2S2. The van der Waals surface area contributed by atoms with Gasteiger partial charge in [-0.15, -0.1) is 11.3 Å². The molecule has 3 aliphatic carbocycles. The summed E-state index contributed by atoms with van der Waals surface area (Å²) in [5.41, 5.74) is 6.34. The summed E-state index contributed by atoms with van der Waals surface area (Å²) < 4.78 is 0.584. The van der Waals surface area contributed by atoms with Crippen LogP contribution in [0.5, 0.6) is 0 Å². The first-order valence-corrected chi connectivity index (χ1v) is 13.7. The van der Waals surface area contributed by atoms with Gasteiger partial charge in [-0.05, 0) is 78.4 Å². The Labute approximate surface area is 207 Å². The van der Waals surface area contributed by atoms with Crippen molar-refractivity contribution < 1.29 is 0 Å². The predicted octanol–water partition coefficient (Wildman–Crippen LogP) is 8.73. The van der Waals surface area contributed by atoms with Gasteiger partial charge in [-0.3, -0.25) is 0 Å². The number of allylic oxidation sites excluding steroid dienone is 4. The van der Waals surface area contributed by atoms with E-state index in [4.69, 9.17) is 12.2 Å². The SMILES string of the molecule is CC(C)C1=CC2=CC[C@@H]3[C@](C)(CCC[C@@]3(C)c3cc(-c4cccs4)c(C#N)c(=S)[nH]3)[C@H]2CC1. The van der Waals surface area contributed by atoms with E-state index in [0.717, 1.165) is 23.3 Å². The van der Waals surface area contributed by atoms with Crippen LogP contribution in [0.1, 0.15) is 77.5 Å². The largest absolute Gasteiger partial charge is 0.348 e. The van der Waals surface area contributed by atoms with Crippen LogP contribution in [0.15, 0.2) is 46.9 Å². The fraction of sp³-hybridized carbons (Fsp3) is 0.517. The fourth-order valence-electron chi connectivity index (χ4n) is 7.27. The number of pyridine rings is 1. The quantitative estimate of drug-likeness (QED) is 0.452. The molecule has 0 bridgehead atoms. The molecule has 0 radical (unpaired) electrons. The Morgan fingerprint density at radius 2 is 2.09 bits per heavy atom. The molecule has 172 valence electrons. The molecule has 1 N–H and O–H groups in total. The maximum atomic E-state index is 9.84. The van der Waals surface area contributed by atoms with E-state index in [1.807, 2.05) is 0 Å². The van der Waals surface area contributed by atoms with Crippen LogP contribution < -0.4 is 0 Å². The molecule has 2 aromatic heterocycles. The molecule has 5 rings (SSSR count). The Balaban J connectivity index is 1.61. The van der Waals surface area contributed by atoms with Crippen molar-refractivity contribution in [2.75, 3.05) is 0 Å². The number of nitrogens with one attached hydrogen (secondary N) is 1. The van der Waals surface area contributed by atoms with Gasteiger partial charge in [-0.1, -0.05) is 70.1 Å². The van der Waals surface area contributed by atoms with Crippen LogP contribution in [0.25, 0.3) is 10.4 Å². The Bertz CT molecular complexity index is 1220. The molecule has 3 aliphatic rings. The Morgan fingerprint density at radius 1 is 1.27 bits per heavy atom. The highest BCUT2D eigenvalue weighted by Gasteiger charge is 2.55. The third-order valence-electron chi connectivity index (χ3n) is 9.13. The average Bonchev–Trinajstić information content (AvgIpc) is 3.33. The Morgan fingerprint density at radius 3 is 2.79 bits per heavy atom. The molecule has 1 saturated carbocycles. The first-order chi connectivity index (χ1) is 15.8. The van der Waals surface area contributed by atoms with Crippen LogP contribution in [0.4, 0.5) is 0 Å². The second kappa shape index (κ2) is 8.36. The summed E-state index contributed by atoms with van der Waals surface area (Å²) in [6.07, 6.45) is 12.4. The molecule has 0 spiro atoms. The molecule has 0 amide bonds. The number of H-pyrrole nitrogens is 1. The average molecular weight is 475 g/mol. The summed E-state index contributed by atoms with van der Waals surface area (Å²) in [7, 11) is 0. The Kier molecular flexibility index (Phi) is 5.78. The van der Waals surface area contributed by atoms with Crippen molar-refractivity contribution in [2.24, 2.45) is 23.2 Å². The lowest BCUT2D eigenvalue weighted by Gasteiger charge is -2.58. The number of nitriles is 1. The summed E-state index contributed by atoms with van der Waals surface area (Å²) in [5, 5.41) is 11.9. The minimum atomic E-state index is 0.0185. The van der Waals surface area contributed by atoms with Crippen molar-refractivity contribution in [2.45, 2.75) is 71.6 Å². The van der Waals surface area contributed by atoms with E-state index in [2.05, 4.69) is 74.5 Å². The second-order valence-corrected chi connectivity index (χ2v) is 12.5. The van der Waals surface area contributed by atoms with E-state index >= 15 is 0 Å². The lowest BCUT2D eigenvalue weighted by molar-refractivity contribution is -0.0105. The van der Waals surface area contributed by atoms with E-state index in [0.29, 0.717) is 33.4 Å². The van der Waals surface area contributed by atoms with Crippen LogP contribution in [-0.4, -0.2) is 4.98 Å². The van der Waals surface area contributed by atoms with Crippen LogP contribution in [0.2, 0.25) is 0 Å². The van der Waals surface area contributed by atoms with Crippen molar-refractivity contribution in [3.63, 3.8) is 0 Å². The summed E-state index contributed by atoms with van der Waals surface area (Å²) >= 11 is 7.41. The highest BCUT2D eigenvalue weighted by atomic mass is 32.1. The highest BCUT2D eigenvalue weighted by Crippen LogP contribution is 2.62. The first kappa shape index (κ1) is 22.8. The zero-order valence-corrected chi connectivity index (χ0v) is 21.8. The normalized spacial score (nSPS) is 31.3. The van der Waals surface area contributed by atoms with Gasteiger partial charge in [0.15, 0.2) is 0 Å². The predicted molar refractivity (Wildman–Crippen MR) is 141 cm³/mol. The van der Waals surface area contributed by atoms with Gasteiger partial charge in [0.1, 0.15) is 10.7 Å². The van der Waals surface area contributed by atoms with Crippen LogP contribution in [-0.2, 0) is 5.41 Å². The molecule has 4 atom stereocenters. The molecule has 0 aliphatic heterocycles. The summed E-state index contributed by atoms with van der Waals surface area (Å²) in [6.45, 7) is 9.68. The van der Waals surface area contributed by atoms with Crippen LogP contribution in [0, 0.1) is 39.1 Å². The molecule has 0 unspecified atom stereocenters. The zero-order valence-electron chi connectivity index (χ0n) is 20.2. The molecule has 2 heterocycles. The molecular weight excluding hydrogens is 440 g/mol. The van der Waals surface area contributed by atoms with E-state index in [-0.39, 0.29) is 5.41 Å². The first-order valence-electron chi connectivity index (χ1n) is 12.4. The van der Waals surface area contributed by atoms with Gasteiger partial charge in [0.05, 0.1) is 5.56 Å². The number of thiophene rings is 1. The molecule has 2 aromatic rings. The standard InChI is InChI=1S/C29H34N2S2/c1-18(2)19-8-10-23-20(15-19)9-11-25-28(23,3)12-6-13-29(25,4)26-16-21(24-7-5-14-33-24)22(17-30)27(32)31-26/h5,7,9,14-16,18,23,25H,6,8,10-13H2,1-4H3,(H,31,32)/t23-,25+,28+,29+/m0/s1. The monoisotopic (exact) mass is 474 g/mol. The van der Waals surface area contributed by atoms with Gasteiger partial charge in [0.2, 0.25) is 0 Å². The minimum absolute atomic E-state index is 0.0185. The van der Waals surface area contributed by atoms with Crippen molar-refractivity contribution >= 4 is 23.6 Å². The minimum Gasteiger partial charge on any atom is -0.348 e. The topological polar surface area (TPSA) is 39.6 Å². The summed E-state index contributed by atoms with van der Waals surface area (Å²) in [4.78, 5) is 4.67. The summed E-state index contributed by atoms with van der Waals surface area (Å²) in [6, 6.07) is 8.77. The van der Waals surface area contributed by atoms with Crippen molar-refractivity contribution in [3.05, 3.63) is 62.8 Å². The number of hydrogen-bond acceptors (Lipinski definition) is 3. The molecule has 4 heteroatoms. The summed E-state index contributed by atoms with van der Waals surface area (Å²) in [5.74, 6) is 1.86. The van der Waals surface area contributed by atoms with Crippen molar-refractivity contribution in [3.8, 4) is 16.5 Å². The molecule has 1 fully saturated rings. The number of hydrogen-bond donors (Lipinski definition) is 1. The van der Waals surface area contributed by atoms with Crippen molar-refractivity contribution in [1.82, 2.24) is 4.98 Å². The van der Waals surface area contributed by atoms with E-state index < -0.39 is 0 Å². The van der Waals surface area contributed by atoms with Gasteiger partial charge in [-0.2, -0.15) is 5.26 Å².